The van der Waals surface area contributed by atoms with Crippen molar-refractivity contribution >= 4 is 23.3 Å². The van der Waals surface area contributed by atoms with E-state index in [2.05, 4.69) is 16.2 Å². The second-order valence-corrected chi connectivity index (χ2v) is 8.16. The smallest absolute Gasteiger partial charge is 0.311 e. The first-order chi connectivity index (χ1) is 16.0. The number of allylic oxidation sites excluding steroid dienone is 1. The SMILES string of the molecule is CC(C)Oc1ccc(-c2nc(-c3cccc4c3CC=C4OC(=O)CCCCl)no2)cc1C#N. The Kier molecular flexibility index (Phi) is 6.76. The summed E-state index contributed by atoms with van der Waals surface area (Å²) in [6, 6.07) is 13.0. The molecule has 2 aromatic carbocycles. The molecule has 168 valence electrons. The fraction of sp³-hybridized carbons (Fsp3) is 0.280. The number of alkyl halides is 1. The van der Waals surface area contributed by atoms with E-state index in [1.807, 2.05) is 38.1 Å². The Hall–Kier alpha value is -3.63. The number of aromatic nitrogens is 2. The van der Waals surface area contributed by atoms with Gasteiger partial charge in [0, 0.05) is 29.0 Å². The van der Waals surface area contributed by atoms with Crippen LogP contribution in [0, 0.1) is 11.3 Å². The van der Waals surface area contributed by atoms with E-state index in [4.69, 9.17) is 25.6 Å². The van der Waals surface area contributed by atoms with Crippen molar-refractivity contribution in [1.29, 1.82) is 5.26 Å². The number of esters is 1. The lowest BCUT2D eigenvalue weighted by molar-refractivity contribution is -0.136. The zero-order valence-electron chi connectivity index (χ0n) is 18.3. The zero-order valence-corrected chi connectivity index (χ0v) is 19.1. The maximum atomic E-state index is 12.0. The molecule has 0 spiro atoms. The molecular formula is C25H22ClN3O4. The van der Waals surface area contributed by atoms with Crippen molar-refractivity contribution in [1.82, 2.24) is 10.1 Å². The first-order valence-corrected chi connectivity index (χ1v) is 11.2. The fourth-order valence-electron chi connectivity index (χ4n) is 3.59. The normalized spacial score (nSPS) is 12.3. The Labute approximate surface area is 196 Å². The van der Waals surface area contributed by atoms with Crippen LogP contribution in [0.25, 0.3) is 28.6 Å². The monoisotopic (exact) mass is 463 g/mol. The van der Waals surface area contributed by atoms with Crippen molar-refractivity contribution < 1.29 is 18.8 Å². The van der Waals surface area contributed by atoms with Gasteiger partial charge >= 0.3 is 5.97 Å². The minimum absolute atomic E-state index is 0.0452. The number of hydrogen-bond donors (Lipinski definition) is 0. The number of carbonyl (C=O) groups is 1. The molecule has 0 amide bonds. The molecule has 0 bridgehead atoms. The van der Waals surface area contributed by atoms with Crippen molar-refractivity contribution in [3.05, 3.63) is 59.2 Å². The number of carbonyl (C=O) groups excluding carboxylic acids is 1. The van der Waals surface area contributed by atoms with Crippen LogP contribution in [0.2, 0.25) is 0 Å². The number of benzene rings is 2. The van der Waals surface area contributed by atoms with Gasteiger partial charge < -0.3 is 14.0 Å². The van der Waals surface area contributed by atoms with Gasteiger partial charge in [0.2, 0.25) is 5.82 Å². The van der Waals surface area contributed by atoms with Gasteiger partial charge in [0.25, 0.3) is 5.89 Å². The van der Waals surface area contributed by atoms with E-state index in [0.29, 0.717) is 53.1 Å². The molecule has 1 aromatic heterocycles. The third-order valence-electron chi connectivity index (χ3n) is 5.05. The Morgan fingerprint density at radius 3 is 2.85 bits per heavy atom. The van der Waals surface area contributed by atoms with Gasteiger partial charge in [-0.2, -0.15) is 10.2 Å². The van der Waals surface area contributed by atoms with Crippen molar-refractivity contribution in [3.63, 3.8) is 0 Å². The van der Waals surface area contributed by atoms with Gasteiger partial charge in [0.1, 0.15) is 17.6 Å². The lowest BCUT2D eigenvalue weighted by Gasteiger charge is -2.11. The highest BCUT2D eigenvalue weighted by molar-refractivity contribution is 6.17. The van der Waals surface area contributed by atoms with Crippen molar-refractivity contribution in [3.8, 4) is 34.7 Å². The number of nitriles is 1. The fourth-order valence-corrected chi connectivity index (χ4v) is 3.72. The Balaban J connectivity index is 1.58. The Morgan fingerprint density at radius 1 is 1.27 bits per heavy atom. The van der Waals surface area contributed by atoms with Crippen LogP contribution in [0.15, 0.2) is 47.0 Å². The number of hydrogen-bond acceptors (Lipinski definition) is 7. The van der Waals surface area contributed by atoms with E-state index in [-0.39, 0.29) is 18.5 Å². The maximum Gasteiger partial charge on any atom is 0.311 e. The minimum Gasteiger partial charge on any atom is -0.490 e. The molecule has 8 heteroatoms. The number of halogens is 1. The summed E-state index contributed by atoms with van der Waals surface area (Å²) in [5, 5.41) is 13.6. The largest absolute Gasteiger partial charge is 0.490 e. The standard InChI is InChI=1S/C25H22ClN3O4/c1-15(2)31-21-10-8-16(13-17(21)14-27)25-28-24(29-33-25)20-6-3-5-19-18(20)9-11-22(19)32-23(30)7-4-12-26/h3,5-6,8,10-11,13,15H,4,7,9,12H2,1-2H3. The van der Waals surface area contributed by atoms with E-state index < -0.39 is 0 Å². The highest BCUT2D eigenvalue weighted by atomic mass is 35.5. The maximum absolute atomic E-state index is 12.0. The van der Waals surface area contributed by atoms with Crippen LogP contribution >= 0.6 is 11.6 Å². The van der Waals surface area contributed by atoms with Gasteiger partial charge in [-0.1, -0.05) is 23.4 Å². The second kappa shape index (κ2) is 9.88. The number of rotatable bonds is 8. The molecule has 0 radical (unpaired) electrons. The summed E-state index contributed by atoms with van der Waals surface area (Å²) in [6.07, 6.45) is 3.27. The molecule has 3 aromatic rings. The molecule has 7 nitrogen and oxygen atoms in total. The van der Waals surface area contributed by atoms with E-state index in [9.17, 15) is 10.1 Å². The molecular weight excluding hydrogens is 442 g/mol. The van der Waals surface area contributed by atoms with Crippen molar-refractivity contribution in [2.24, 2.45) is 0 Å². The van der Waals surface area contributed by atoms with E-state index in [1.165, 1.54) is 0 Å². The predicted molar refractivity (Wildman–Crippen MR) is 123 cm³/mol. The van der Waals surface area contributed by atoms with Gasteiger partial charge in [-0.15, -0.1) is 11.6 Å². The third kappa shape index (κ3) is 4.91. The van der Waals surface area contributed by atoms with Crippen LogP contribution in [0.5, 0.6) is 5.75 Å². The topological polar surface area (TPSA) is 98.2 Å². The quantitative estimate of drug-likeness (QED) is 0.320. The van der Waals surface area contributed by atoms with Crippen LogP contribution in [-0.4, -0.2) is 28.1 Å². The van der Waals surface area contributed by atoms with Crippen LogP contribution in [0.4, 0.5) is 0 Å². The number of ether oxygens (including phenoxy) is 2. The molecule has 4 rings (SSSR count). The molecule has 1 heterocycles. The zero-order chi connectivity index (χ0) is 23.4. The van der Waals surface area contributed by atoms with Crippen LogP contribution in [-0.2, 0) is 16.0 Å². The Bertz CT molecular complexity index is 1260. The lowest BCUT2D eigenvalue weighted by atomic mass is 10.0. The molecule has 1 aliphatic rings. The molecule has 0 fully saturated rings. The molecule has 33 heavy (non-hydrogen) atoms. The van der Waals surface area contributed by atoms with Gasteiger partial charge in [-0.05, 0) is 56.5 Å². The molecule has 1 aliphatic carbocycles. The molecule has 0 N–H and O–H groups in total. The minimum atomic E-state index is -0.305. The average Bonchev–Trinajstić information content (AvgIpc) is 3.45. The van der Waals surface area contributed by atoms with Crippen molar-refractivity contribution in [2.45, 2.75) is 39.2 Å². The molecule has 0 saturated heterocycles. The summed E-state index contributed by atoms with van der Waals surface area (Å²) < 4.78 is 16.7. The summed E-state index contributed by atoms with van der Waals surface area (Å²) in [4.78, 5) is 16.6. The summed E-state index contributed by atoms with van der Waals surface area (Å²) >= 11 is 5.66. The molecule has 0 saturated carbocycles. The van der Waals surface area contributed by atoms with E-state index in [0.717, 1.165) is 16.7 Å². The molecule has 0 aliphatic heterocycles. The van der Waals surface area contributed by atoms with Crippen molar-refractivity contribution in [2.75, 3.05) is 5.88 Å². The van der Waals surface area contributed by atoms with Gasteiger partial charge in [0.15, 0.2) is 0 Å². The average molecular weight is 464 g/mol. The summed E-state index contributed by atoms with van der Waals surface area (Å²) in [7, 11) is 0. The summed E-state index contributed by atoms with van der Waals surface area (Å²) in [5.74, 6) is 1.88. The highest BCUT2D eigenvalue weighted by Crippen LogP contribution is 2.36. The van der Waals surface area contributed by atoms with Gasteiger partial charge in [-0.3, -0.25) is 4.79 Å². The van der Waals surface area contributed by atoms with Crippen LogP contribution in [0.3, 0.4) is 0 Å². The predicted octanol–water partition coefficient (Wildman–Crippen LogP) is 5.52. The van der Waals surface area contributed by atoms with Gasteiger partial charge in [-0.25, -0.2) is 0 Å². The highest BCUT2D eigenvalue weighted by Gasteiger charge is 2.23. The summed E-state index contributed by atoms with van der Waals surface area (Å²) in [6.45, 7) is 3.80. The van der Waals surface area contributed by atoms with Gasteiger partial charge in [0.05, 0.1) is 11.7 Å². The first kappa shape index (κ1) is 22.6. The van der Waals surface area contributed by atoms with E-state index in [1.54, 1.807) is 18.2 Å². The second-order valence-electron chi connectivity index (χ2n) is 7.78. The first-order valence-electron chi connectivity index (χ1n) is 10.6. The van der Waals surface area contributed by atoms with Crippen LogP contribution < -0.4 is 4.74 Å². The van der Waals surface area contributed by atoms with Crippen LogP contribution in [0.1, 0.15) is 43.4 Å². The number of nitrogens with zero attached hydrogens (tertiary/aromatic N) is 3. The summed E-state index contributed by atoms with van der Waals surface area (Å²) in [5.41, 5.74) is 3.61. The number of fused-ring (bicyclic) bond motifs is 1. The lowest BCUT2D eigenvalue weighted by Crippen LogP contribution is -2.06. The van der Waals surface area contributed by atoms with E-state index >= 15 is 0 Å². The molecule has 0 unspecified atom stereocenters. The third-order valence-corrected chi connectivity index (χ3v) is 5.32. The Morgan fingerprint density at radius 2 is 2.09 bits per heavy atom. The molecule has 0 atom stereocenters.